The summed E-state index contributed by atoms with van der Waals surface area (Å²) in [5, 5.41) is 14.6. The molecule has 21 heavy (non-hydrogen) atoms. The van der Waals surface area contributed by atoms with Crippen LogP contribution in [0.1, 0.15) is 36.0 Å². The summed E-state index contributed by atoms with van der Waals surface area (Å²) in [4.78, 5) is 23.1. The summed E-state index contributed by atoms with van der Waals surface area (Å²) in [7, 11) is 0. The highest BCUT2D eigenvalue weighted by Gasteiger charge is 2.53. The number of carboxylic acid groups (broad SMARTS) is 1. The topological polar surface area (TPSA) is 78.4 Å². The van der Waals surface area contributed by atoms with Crippen LogP contribution < -0.4 is 10.6 Å². The van der Waals surface area contributed by atoms with Gasteiger partial charge >= 0.3 is 12.0 Å². The highest BCUT2D eigenvalue weighted by Crippen LogP contribution is 2.60. The molecule has 0 radical (unpaired) electrons. The molecule has 3 N–H and O–H groups in total. The van der Waals surface area contributed by atoms with E-state index in [2.05, 4.69) is 26.6 Å². The number of hydrogen-bond acceptors (Lipinski definition) is 2. The summed E-state index contributed by atoms with van der Waals surface area (Å²) < 4.78 is 0.722. The number of nitrogens with one attached hydrogen (secondary N) is 2. The molecule has 0 saturated heterocycles. The molecule has 0 aliphatic heterocycles. The molecule has 0 bridgehead atoms. The maximum atomic E-state index is 12.0. The fourth-order valence-electron chi connectivity index (χ4n) is 2.81. The Kier molecular flexibility index (Phi) is 3.65. The van der Waals surface area contributed by atoms with E-state index in [9.17, 15) is 9.59 Å². The molecular formula is C15H17BrN2O3. The molecule has 3 rings (SSSR count). The Morgan fingerprint density at radius 3 is 2.62 bits per heavy atom. The van der Waals surface area contributed by atoms with E-state index in [0.717, 1.165) is 10.4 Å². The summed E-state index contributed by atoms with van der Waals surface area (Å²) in [5.74, 6) is -0.285. The van der Waals surface area contributed by atoms with Crippen LogP contribution in [0.15, 0.2) is 22.7 Å². The summed E-state index contributed by atoms with van der Waals surface area (Å²) in [6, 6.07) is 4.35. The van der Waals surface area contributed by atoms with Crippen molar-refractivity contribution in [3.05, 3.63) is 28.2 Å². The number of aromatic carboxylic acids is 1. The molecule has 5 nitrogen and oxygen atoms in total. The van der Waals surface area contributed by atoms with E-state index >= 15 is 0 Å². The average molecular weight is 353 g/mol. The first-order valence-electron chi connectivity index (χ1n) is 7.08. The Balaban J connectivity index is 1.61. The van der Waals surface area contributed by atoms with Gasteiger partial charge in [0.2, 0.25) is 0 Å². The second-order valence-corrected chi connectivity index (χ2v) is 6.86. The van der Waals surface area contributed by atoms with Gasteiger partial charge < -0.3 is 15.7 Å². The lowest BCUT2D eigenvalue weighted by Gasteiger charge is -2.16. The van der Waals surface area contributed by atoms with E-state index in [1.165, 1.54) is 31.7 Å². The van der Waals surface area contributed by atoms with Crippen LogP contribution >= 0.6 is 15.9 Å². The molecule has 0 heterocycles. The molecule has 0 unspecified atom stereocenters. The van der Waals surface area contributed by atoms with Gasteiger partial charge in [-0.3, -0.25) is 0 Å². The fraction of sp³-hybridized carbons (Fsp3) is 0.467. The third kappa shape index (κ3) is 3.20. The second-order valence-electron chi connectivity index (χ2n) is 5.94. The zero-order chi connectivity index (χ0) is 15.0. The molecule has 112 valence electrons. The monoisotopic (exact) mass is 352 g/mol. The lowest BCUT2D eigenvalue weighted by molar-refractivity contribution is 0.0698. The first kappa shape index (κ1) is 14.4. The van der Waals surface area contributed by atoms with E-state index in [1.54, 1.807) is 12.1 Å². The Bertz CT molecular complexity index is 595. The van der Waals surface area contributed by atoms with Gasteiger partial charge in [0.15, 0.2) is 0 Å². The number of anilines is 1. The quantitative estimate of drug-likeness (QED) is 0.759. The highest BCUT2D eigenvalue weighted by molar-refractivity contribution is 9.10. The largest absolute Gasteiger partial charge is 0.478 e. The van der Waals surface area contributed by atoms with Crippen molar-refractivity contribution < 1.29 is 14.7 Å². The molecule has 2 saturated carbocycles. The molecule has 6 heteroatoms. The Hall–Kier alpha value is -1.56. The molecule has 2 amide bonds. The lowest BCUT2D eigenvalue weighted by atomic mass is 10.0. The van der Waals surface area contributed by atoms with Crippen LogP contribution in [0.3, 0.4) is 0 Å². The number of rotatable bonds is 5. The van der Waals surface area contributed by atoms with Crippen molar-refractivity contribution >= 4 is 33.6 Å². The van der Waals surface area contributed by atoms with Crippen LogP contribution in [-0.2, 0) is 0 Å². The van der Waals surface area contributed by atoms with Crippen LogP contribution in [0.2, 0.25) is 0 Å². The number of hydrogen-bond donors (Lipinski definition) is 3. The molecule has 1 aromatic carbocycles. The number of halogens is 1. The molecule has 0 aromatic heterocycles. The minimum absolute atomic E-state index is 0.0803. The molecule has 2 aliphatic rings. The second kappa shape index (κ2) is 5.33. The minimum Gasteiger partial charge on any atom is -0.478 e. The lowest BCUT2D eigenvalue weighted by Crippen LogP contribution is -2.35. The zero-order valence-corrected chi connectivity index (χ0v) is 13.1. The average Bonchev–Trinajstić information content (AvgIpc) is 3.28. The van der Waals surface area contributed by atoms with Gasteiger partial charge in [-0.2, -0.15) is 0 Å². The third-order valence-corrected chi connectivity index (χ3v) is 4.89. The summed E-state index contributed by atoms with van der Waals surface area (Å²) in [6.07, 6.45) is 4.93. The molecule has 0 atom stereocenters. The number of carboxylic acids is 1. The Morgan fingerprint density at radius 1 is 1.33 bits per heavy atom. The van der Waals surface area contributed by atoms with Crippen molar-refractivity contribution in [1.82, 2.24) is 5.32 Å². The number of urea groups is 1. The van der Waals surface area contributed by atoms with E-state index in [1.807, 2.05) is 0 Å². The fourth-order valence-corrected chi connectivity index (χ4v) is 3.18. The van der Waals surface area contributed by atoms with Gasteiger partial charge in [0.05, 0.1) is 11.3 Å². The van der Waals surface area contributed by atoms with Crippen molar-refractivity contribution in [1.29, 1.82) is 0 Å². The third-order valence-electron chi connectivity index (χ3n) is 4.40. The van der Waals surface area contributed by atoms with E-state index in [0.29, 0.717) is 17.6 Å². The predicted molar refractivity (Wildman–Crippen MR) is 82.5 cm³/mol. The van der Waals surface area contributed by atoms with Gasteiger partial charge in [-0.15, -0.1) is 0 Å². The standard InChI is InChI=1S/C15H17BrN2O3/c16-10-3-4-11(13(19)20)12(7-10)18-14(21)17-8-15(5-6-15)9-1-2-9/h3-4,7,9H,1-2,5-6,8H2,(H,19,20)(H2,17,18,21). The SMILES string of the molecule is O=C(NCC1(C2CC2)CC1)Nc1cc(Br)ccc1C(=O)O. The predicted octanol–water partition coefficient (Wildman–Crippen LogP) is 3.46. The summed E-state index contributed by atoms with van der Waals surface area (Å²) >= 11 is 3.28. The molecule has 2 aliphatic carbocycles. The van der Waals surface area contributed by atoms with Crippen LogP contribution in [0.5, 0.6) is 0 Å². The van der Waals surface area contributed by atoms with Gasteiger partial charge in [-0.05, 0) is 55.2 Å². The number of carbonyl (C=O) groups excluding carboxylic acids is 1. The Morgan fingerprint density at radius 2 is 2.05 bits per heavy atom. The summed E-state index contributed by atoms with van der Waals surface area (Å²) in [6.45, 7) is 0.680. The van der Waals surface area contributed by atoms with Crippen molar-refractivity contribution in [2.45, 2.75) is 25.7 Å². The maximum Gasteiger partial charge on any atom is 0.337 e. The maximum absolute atomic E-state index is 12.0. The molecule has 0 spiro atoms. The van der Waals surface area contributed by atoms with Crippen molar-refractivity contribution in [2.75, 3.05) is 11.9 Å². The van der Waals surface area contributed by atoms with E-state index < -0.39 is 5.97 Å². The number of carbonyl (C=O) groups is 2. The van der Waals surface area contributed by atoms with Crippen molar-refractivity contribution in [3.63, 3.8) is 0 Å². The number of amides is 2. The summed E-state index contributed by atoms with van der Waals surface area (Å²) in [5.41, 5.74) is 0.701. The van der Waals surface area contributed by atoms with Crippen LogP contribution in [0.25, 0.3) is 0 Å². The van der Waals surface area contributed by atoms with Crippen molar-refractivity contribution in [3.8, 4) is 0 Å². The van der Waals surface area contributed by atoms with Gasteiger partial charge in [0, 0.05) is 11.0 Å². The normalized spacial score (nSPS) is 18.9. The highest BCUT2D eigenvalue weighted by atomic mass is 79.9. The Labute approximate surface area is 131 Å². The first-order chi connectivity index (χ1) is 10.00. The van der Waals surface area contributed by atoms with Crippen LogP contribution in [0, 0.1) is 11.3 Å². The van der Waals surface area contributed by atoms with Crippen LogP contribution in [0.4, 0.5) is 10.5 Å². The first-order valence-corrected chi connectivity index (χ1v) is 7.87. The van der Waals surface area contributed by atoms with E-state index in [-0.39, 0.29) is 11.6 Å². The zero-order valence-electron chi connectivity index (χ0n) is 11.5. The van der Waals surface area contributed by atoms with Gasteiger partial charge in [-0.1, -0.05) is 15.9 Å². The van der Waals surface area contributed by atoms with Gasteiger partial charge in [0.1, 0.15) is 0 Å². The smallest absolute Gasteiger partial charge is 0.337 e. The van der Waals surface area contributed by atoms with Crippen molar-refractivity contribution in [2.24, 2.45) is 11.3 Å². The molecule has 2 fully saturated rings. The molecule has 1 aromatic rings. The molecular weight excluding hydrogens is 336 g/mol. The van der Waals surface area contributed by atoms with Crippen LogP contribution in [-0.4, -0.2) is 23.7 Å². The minimum atomic E-state index is -1.06. The van der Waals surface area contributed by atoms with Gasteiger partial charge in [0.25, 0.3) is 0 Å². The van der Waals surface area contributed by atoms with Gasteiger partial charge in [-0.25, -0.2) is 9.59 Å². The number of benzene rings is 1. The van der Waals surface area contributed by atoms with E-state index in [4.69, 9.17) is 5.11 Å².